The van der Waals surface area contributed by atoms with Crippen LogP contribution in [0.15, 0.2) is 34.8 Å². The average Bonchev–Trinajstić information content (AvgIpc) is 2.72. The van der Waals surface area contributed by atoms with Crippen molar-refractivity contribution < 1.29 is 23.4 Å². The highest BCUT2D eigenvalue weighted by atomic mass is 79.9. The third kappa shape index (κ3) is 4.82. The van der Waals surface area contributed by atoms with Crippen molar-refractivity contribution in [1.82, 2.24) is 9.80 Å². The monoisotopic (exact) mass is 466 g/mol. The lowest BCUT2D eigenvalue weighted by molar-refractivity contribution is 0.0626. The number of carbonyl (C=O) groups excluding carboxylic acids is 1. The van der Waals surface area contributed by atoms with Gasteiger partial charge >= 0.3 is 0 Å². The second-order valence-electron chi connectivity index (χ2n) is 6.72. The van der Waals surface area contributed by atoms with Gasteiger partial charge in [0, 0.05) is 48.3 Å². The summed E-state index contributed by atoms with van der Waals surface area (Å²) in [6.07, 6.45) is 0. The fraction of sp³-hybridized carbons (Fsp3) is 0.381. The van der Waals surface area contributed by atoms with Gasteiger partial charge in [-0.15, -0.1) is 0 Å². The van der Waals surface area contributed by atoms with Crippen LogP contribution in [0.25, 0.3) is 0 Å². The first-order chi connectivity index (χ1) is 14.0. The van der Waals surface area contributed by atoms with Crippen LogP contribution in [0.4, 0.5) is 4.39 Å². The number of hydrogen-bond donors (Lipinski definition) is 0. The van der Waals surface area contributed by atoms with E-state index < -0.39 is 5.82 Å². The Hall–Kier alpha value is -2.32. The Bertz CT molecular complexity index is 865. The molecule has 1 fully saturated rings. The fourth-order valence-corrected chi connectivity index (χ4v) is 3.96. The van der Waals surface area contributed by atoms with Crippen LogP contribution in [-0.2, 0) is 6.54 Å². The van der Waals surface area contributed by atoms with Crippen molar-refractivity contribution in [3.05, 3.63) is 51.7 Å². The molecule has 0 bridgehead atoms. The van der Waals surface area contributed by atoms with E-state index >= 15 is 0 Å². The van der Waals surface area contributed by atoms with Gasteiger partial charge in [0.05, 0.1) is 21.3 Å². The number of piperazine rings is 1. The van der Waals surface area contributed by atoms with Gasteiger partial charge in [0.25, 0.3) is 5.91 Å². The van der Waals surface area contributed by atoms with E-state index in [1.165, 1.54) is 12.1 Å². The molecule has 156 valence electrons. The van der Waals surface area contributed by atoms with Crippen molar-refractivity contribution >= 4 is 21.8 Å². The number of benzene rings is 2. The Balaban J connectivity index is 1.66. The van der Waals surface area contributed by atoms with E-state index in [1.54, 1.807) is 32.3 Å². The van der Waals surface area contributed by atoms with Crippen LogP contribution in [0.1, 0.15) is 15.9 Å². The van der Waals surface area contributed by atoms with E-state index in [2.05, 4.69) is 20.8 Å². The Morgan fingerprint density at radius 2 is 1.69 bits per heavy atom. The SMILES string of the molecule is COc1ccc(CN2CCN(C(=O)c3cc(F)cc(Br)c3)CC2)c(OC)c1OC. The summed E-state index contributed by atoms with van der Waals surface area (Å²) in [7, 11) is 4.78. The number of ether oxygens (including phenoxy) is 3. The molecule has 0 aliphatic carbocycles. The standard InChI is InChI=1S/C21H24BrFN2O4/c1-27-18-5-4-14(19(28-2)20(18)29-3)13-24-6-8-25(9-7-24)21(26)15-10-16(22)12-17(23)11-15/h4-5,10-12H,6-9,13H2,1-3H3. The predicted molar refractivity (Wildman–Crippen MR) is 111 cm³/mol. The van der Waals surface area contributed by atoms with Gasteiger partial charge < -0.3 is 19.1 Å². The quantitative estimate of drug-likeness (QED) is 0.651. The van der Waals surface area contributed by atoms with Gasteiger partial charge in [-0.25, -0.2) is 4.39 Å². The largest absolute Gasteiger partial charge is 0.493 e. The van der Waals surface area contributed by atoms with E-state index in [1.807, 2.05) is 12.1 Å². The van der Waals surface area contributed by atoms with Gasteiger partial charge in [-0.1, -0.05) is 22.0 Å². The maximum absolute atomic E-state index is 13.6. The fourth-order valence-electron chi connectivity index (χ4n) is 3.50. The van der Waals surface area contributed by atoms with E-state index in [-0.39, 0.29) is 5.91 Å². The van der Waals surface area contributed by atoms with Crippen LogP contribution >= 0.6 is 15.9 Å². The molecule has 2 aromatic rings. The zero-order chi connectivity index (χ0) is 21.0. The highest BCUT2D eigenvalue weighted by Crippen LogP contribution is 2.40. The molecule has 6 nitrogen and oxygen atoms in total. The first-order valence-electron chi connectivity index (χ1n) is 9.22. The summed E-state index contributed by atoms with van der Waals surface area (Å²) in [5.41, 5.74) is 1.34. The number of halogens is 2. The number of amides is 1. The lowest BCUT2D eigenvalue weighted by Crippen LogP contribution is -2.48. The van der Waals surface area contributed by atoms with Gasteiger partial charge in [0.2, 0.25) is 5.75 Å². The number of nitrogens with zero attached hydrogens (tertiary/aromatic N) is 2. The Morgan fingerprint density at radius 1 is 1.00 bits per heavy atom. The molecule has 1 amide bonds. The molecule has 8 heteroatoms. The summed E-state index contributed by atoms with van der Waals surface area (Å²) < 4.78 is 30.5. The maximum atomic E-state index is 13.6. The van der Waals surface area contributed by atoms with E-state index in [9.17, 15) is 9.18 Å². The number of hydrogen-bond acceptors (Lipinski definition) is 5. The van der Waals surface area contributed by atoms with Crippen LogP contribution in [-0.4, -0.2) is 63.2 Å². The molecule has 0 radical (unpaired) electrons. The van der Waals surface area contributed by atoms with Gasteiger partial charge in [0.1, 0.15) is 5.82 Å². The molecule has 0 N–H and O–H groups in total. The first-order valence-corrected chi connectivity index (χ1v) is 10.0. The molecule has 3 rings (SSSR count). The highest BCUT2D eigenvalue weighted by Gasteiger charge is 2.24. The Labute approximate surface area is 178 Å². The summed E-state index contributed by atoms with van der Waals surface area (Å²) in [4.78, 5) is 16.7. The molecular weight excluding hydrogens is 443 g/mol. The van der Waals surface area contributed by atoms with Gasteiger partial charge in [-0.05, 0) is 24.3 Å². The third-order valence-electron chi connectivity index (χ3n) is 4.95. The van der Waals surface area contributed by atoms with Crippen molar-refractivity contribution in [2.24, 2.45) is 0 Å². The van der Waals surface area contributed by atoms with Crippen LogP contribution in [0.5, 0.6) is 17.2 Å². The van der Waals surface area contributed by atoms with Crippen LogP contribution in [0, 0.1) is 5.82 Å². The molecule has 0 saturated carbocycles. The Kier molecular flexibility index (Phi) is 6.97. The van der Waals surface area contributed by atoms with Gasteiger partial charge in [-0.3, -0.25) is 9.69 Å². The van der Waals surface area contributed by atoms with Crippen molar-refractivity contribution in [1.29, 1.82) is 0 Å². The van der Waals surface area contributed by atoms with Crippen molar-refractivity contribution in [2.45, 2.75) is 6.54 Å². The van der Waals surface area contributed by atoms with E-state index in [4.69, 9.17) is 14.2 Å². The summed E-state index contributed by atoms with van der Waals surface area (Å²) in [5, 5.41) is 0. The van der Waals surface area contributed by atoms with Crippen molar-refractivity contribution in [3.63, 3.8) is 0 Å². The van der Waals surface area contributed by atoms with Gasteiger partial charge in [-0.2, -0.15) is 0 Å². The molecule has 1 aliphatic rings. The average molecular weight is 467 g/mol. The molecule has 1 saturated heterocycles. The maximum Gasteiger partial charge on any atom is 0.254 e. The molecule has 0 spiro atoms. The zero-order valence-electron chi connectivity index (χ0n) is 16.7. The van der Waals surface area contributed by atoms with E-state index in [0.29, 0.717) is 60.0 Å². The molecular formula is C21H24BrFN2O4. The molecule has 0 atom stereocenters. The molecule has 0 unspecified atom stereocenters. The second kappa shape index (κ2) is 9.45. The number of methoxy groups -OCH3 is 3. The molecule has 0 aromatic heterocycles. The lowest BCUT2D eigenvalue weighted by atomic mass is 10.1. The lowest BCUT2D eigenvalue weighted by Gasteiger charge is -2.35. The molecule has 2 aromatic carbocycles. The minimum Gasteiger partial charge on any atom is -0.493 e. The normalized spacial score (nSPS) is 14.6. The first kappa shape index (κ1) is 21.4. The van der Waals surface area contributed by atoms with Crippen LogP contribution < -0.4 is 14.2 Å². The summed E-state index contributed by atoms with van der Waals surface area (Å²) in [6, 6.07) is 8.08. The van der Waals surface area contributed by atoms with Crippen LogP contribution in [0.3, 0.4) is 0 Å². The summed E-state index contributed by atoms with van der Waals surface area (Å²) in [5.74, 6) is 1.24. The number of carbonyl (C=O) groups is 1. The highest BCUT2D eigenvalue weighted by molar-refractivity contribution is 9.10. The summed E-state index contributed by atoms with van der Waals surface area (Å²) >= 11 is 3.24. The second-order valence-corrected chi connectivity index (χ2v) is 7.64. The topological polar surface area (TPSA) is 51.2 Å². The smallest absolute Gasteiger partial charge is 0.254 e. The number of rotatable bonds is 6. The summed E-state index contributed by atoms with van der Waals surface area (Å²) in [6.45, 7) is 3.22. The van der Waals surface area contributed by atoms with Crippen molar-refractivity contribution in [3.8, 4) is 17.2 Å². The molecule has 1 heterocycles. The van der Waals surface area contributed by atoms with Crippen LogP contribution in [0.2, 0.25) is 0 Å². The predicted octanol–water partition coefficient (Wildman–Crippen LogP) is 3.57. The van der Waals surface area contributed by atoms with Crippen molar-refractivity contribution in [2.75, 3.05) is 47.5 Å². The minimum absolute atomic E-state index is 0.159. The minimum atomic E-state index is -0.429. The Morgan fingerprint density at radius 3 is 2.28 bits per heavy atom. The zero-order valence-corrected chi connectivity index (χ0v) is 18.3. The third-order valence-corrected chi connectivity index (χ3v) is 5.41. The van der Waals surface area contributed by atoms with Gasteiger partial charge in [0.15, 0.2) is 11.5 Å². The molecule has 29 heavy (non-hydrogen) atoms. The van der Waals surface area contributed by atoms with E-state index in [0.717, 1.165) is 5.56 Å². The molecule has 1 aliphatic heterocycles.